The smallest absolute Gasteiger partial charge is 0.277 e. The number of carbonyl (C=O) groups excluding carboxylic acids is 1. The average Bonchev–Trinajstić information content (AvgIpc) is 2.58. The minimum absolute atomic E-state index is 0.0988. The van der Waals surface area contributed by atoms with Crippen LogP contribution in [0.25, 0.3) is 0 Å². The number of hydrogen-bond acceptors (Lipinski definition) is 4. The van der Waals surface area contributed by atoms with Gasteiger partial charge >= 0.3 is 0 Å². The van der Waals surface area contributed by atoms with Gasteiger partial charge in [-0.2, -0.15) is 5.10 Å². The molecule has 1 amide bonds. The number of nitrogens with zero attached hydrogens (tertiary/aromatic N) is 1. The second-order valence-electron chi connectivity index (χ2n) is 5.40. The molecule has 6 heteroatoms. The first-order valence-electron chi connectivity index (χ1n) is 7.94. The lowest BCUT2D eigenvalue weighted by atomic mass is 10.1. The van der Waals surface area contributed by atoms with Crippen molar-refractivity contribution >= 4 is 28.1 Å². The summed E-state index contributed by atoms with van der Waals surface area (Å²) < 4.78 is 12.0. The van der Waals surface area contributed by atoms with Crippen LogP contribution in [-0.4, -0.2) is 25.3 Å². The van der Waals surface area contributed by atoms with Crippen LogP contribution in [0.3, 0.4) is 0 Å². The van der Waals surface area contributed by atoms with E-state index >= 15 is 0 Å². The quantitative estimate of drug-likeness (QED) is 0.560. The van der Waals surface area contributed by atoms with Crippen molar-refractivity contribution in [3.63, 3.8) is 0 Å². The minimum Gasteiger partial charge on any atom is -0.493 e. The molecular formula is C19H21BrN2O3. The fourth-order valence-corrected chi connectivity index (χ4v) is 2.52. The van der Waals surface area contributed by atoms with Crippen molar-refractivity contribution in [3.05, 3.63) is 57.6 Å². The van der Waals surface area contributed by atoms with Gasteiger partial charge in [-0.3, -0.25) is 4.79 Å². The molecule has 0 aliphatic carbocycles. The molecule has 25 heavy (non-hydrogen) atoms. The first-order valence-corrected chi connectivity index (χ1v) is 8.73. The van der Waals surface area contributed by atoms with Crippen molar-refractivity contribution in [3.8, 4) is 11.5 Å². The first kappa shape index (κ1) is 19.0. The Kier molecular flexibility index (Phi) is 7.01. The molecule has 0 spiro atoms. The van der Waals surface area contributed by atoms with Crippen molar-refractivity contribution in [2.24, 2.45) is 5.10 Å². The van der Waals surface area contributed by atoms with Gasteiger partial charge in [-0.15, -0.1) is 0 Å². The van der Waals surface area contributed by atoms with E-state index in [2.05, 4.69) is 26.5 Å². The molecule has 1 N–H and O–H groups in total. The zero-order valence-corrected chi connectivity index (χ0v) is 16.1. The third kappa shape index (κ3) is 5.60. The molecule has 0 unspecified atom stereocenters. The number of nitrogens with one attached hydrogen (secondary N) is 1. The zero-order valence-electron chi connectivity index (χ0n) is 14.5. The summed E-state index contributed by atoms with van der Waals surface area (Å²) in [6.45, 7) is 6.33. The molecule has 5 nitrogen and oxygen atoms in total. The molecule has 0 aliphatic rings. The Bertz CT molecular complexity index is 775. The van der Waals surface area contributed by atoms with E-state index in [9.17, 15) is 4.79 Å². The van der Waals surface area contributed by atoms with Gasteiger partial charge in [0.05, 0.1) is 12.8 Å². The molecule has 0 bridgehead atoms. The molecule has 0 atom stereocenters. The summed E-state index contributed by atoms with van der Waals surface area (Å²) in [5.41, 5.74) is 5.37. The molecule has 0 aliphatic heterocycles. The number of hydrazone groups is 1. The predicted molar refractivity (Wildman–Crippen MR) is 102 cm³/mol. The van der Waals surface area contributed by atoms with Crippen LogP contribution in [0.15, 0.2) is 46.0 Å². The van der Waals surface area contributed by atoms with Crippen LogP contribution in [-0.2, 0) is 4.79 Å². The van der Waals surface area contributed by atoms with Gasteiger partial charge in [0.2, 0.25) is 0 Å². The Morgan fingerprint density at radius 1 is 1.20 bits per heavy atom. The number of amides is 1. The highest BCUT2D eigenvalue weighted by Crippen LogP contribution is 2.22. The fourth-order valence-electron chi connectivity index (χ4n) is 2.14. The maximum Gasteiger partial charge on any atom is 0.277 e. The number of hydrogen-bond donors (Lipinski definition) is 1. The van der Waals surface area contributed by atoms with Crippen LogP contribution in [0.1, 0.15) is 23.6 Å². The average molecular weight is 405 g/mol. The van der Waals surface area contributed by atoms with Gasteiger partial charge in [0, 0.05) is 10.0 Å². The molecule has 2 aromatic rings. The second kappa shape index (κ2) is 9.22. The molecule has 0 aromatic heterocycles. The highest BCUT2D eigenvalue weighted by Gasteiger charge is 2.06. The van der Waals surface area contributed by atoms with Crippen molar-refractivity contribution in [2.45, 2.75) is 20.8 Å². The molecule has 0 saturated heterocycles. The summed E-state index contributed by atoms with van der Waals surface area (Å²) in [4.78, 5) is 11.9. The lowest BCUT2D eigenvalue weighted by molar-refractivity contribution is -0.123. The molecule has 0 heterocycles. The van der Waals surface area contributed by atoms with E-state index in [4.69, 9.17) is 9.47 Å². The Balaban J connectivity index is 1.92. The van der Waals surface area contributed by atoms with Gasteiger partial charge in [0.15, 0.2) is 6.61 Å². The van der Waals surface area contributed by atoms with Crippen LogP contribution in [0.2, 0.25) is 0 Å². The monoisotopic (exact) mass is 404 g/mol. The lowest BCUT2D eigenvalue weighted by Gasteiger charge is -2.10. The summed E-state index contributed by atoms with van der Waals surface area (Å²) in [6.07, 6.45) is 1.55. The van der Waals surface area contributed by atoms with Crippen molar-refractivity contribution < 1.29 is 14.3 Å². The van der Waals surface area contributed by atoms with Gasteiger partial charge in [-0.25, -0.2) is 5.43 Å². The molecule has 0 saturated carbocycles. The molecular weight excluding hydrogens is 384 g/mol. The number of rotatable bonds is 7. The van der Waals surface area contributed by atoms with E-state index in [1.54, 1.807) is 6.21 Å². The fraction of sp³-hybridized carbons (Fsp3) is 0.263. The second-order valence-corrected chi connectivity index (χ2v) is 6.31. The number of ether oxygens (including phenoxy) is 2. The summed E-state index contributed by atoms with van der Waals surface area (Å²) in [6, 6.07) is 11.3. The van der Waals surface area contributed by atoms with Gasteiger partial charge in [0.1, 0.15) is 11.5 Å². The van der Waals surface area contributed by atoms with E-state index in [0.29, 0.717) is 18.1 Å². The van der Waals surface area contributed by atoms with E-state index in [-0.39, 0.29) is 12.5 Å². The zero-order chi connectivity index (χ0) is 18.2. The SMILES string of the molecule is CCOc1ccc(Br)cc1/C=N\NC(=O)COc1cccc(C)c1C. The molecule has 2 rings (SSSR count). The van der Waals surface area contributed by atoms with Crippen LogP contribution in [0, 0.1) is 13.8 Å². The summed E-state index contributed by atoms with van der Waals surface area (Å²) in [7, 11) is 0. The number of benzene rings is 2. The molecule has 0 fully saturated rings. The Labute approximate surface area is 156 Å². The molecule has 132 valence electrons. The van der Waals surface area contributed by atoms with Gasteiger partial charge in [-0.05, 0) is 56.2 Å². The maximum absolute atomic E-state index is 11.9. The van der Waals surface area contributed by atoms with E-state index in [1.807, 2.05) is 57.2 Å². The van der Waals surface area contributed by atoms with Crippen molar-refractivity contribution in [1.82, 2.24) is 5.43 Å². The van der Waals surface area contributed by atoms with Crippen molar-refractivity contribution in [1.29, 1.82) is 0 Å². The maximum atomic E-state index is 11.9. The van der Waals surface area contributed by atoms with Crippen LogP contribution in [0.5, 0.6) is 11.5 Å². The van der Waals surface area contributed by atoms with Gasteiger partial charge in [-0.1, -0.05) is 28.1 Å². The highest BCUT2D eigenvalue weighted by molar-refractivity contribution is 9.10. The molecule has 2 aromatic carbocycles. The topological polar surface area (TPSA) is 59.9 Å². The lowest BCUT2D eigenvalue weighted by Crippen LogP contribution is -2.24. The van der Waals surface area contributed by atoms with E-state index in [1.165, 1.54) is 0 Å². The highest BCUT2D eigenvalue weighted by atomic mass is 79.9. The van der Waals surface area contributed by atoms with Gasteiger partial charge < -0.3 is 9.47 Å². The van der Waals surface area contributed by atoms with E-state index < -0.39 is 0 Å². The largest absolute Gasteiger partial charge is 0.493 e. The number of carbonyl (C=O) groups is 1. The van der Waals surface area contributed by atoms with Crippen LogP contribution < -0.4 is 14.9 Å². The van der Waals surface area contributed by atoms with Crippen LogP contribution >= 0.6 is 15.9 Å². The van der Waals surface area contributed by atoms with Crippen LogP contribution in [0.4, 0.5) is 0 Å². The molecule has 0 radical (unpaired) electrons. The van der Waals surface area contributed by atoms with Gasteiger partial charge in [0.25, 0.3) is 5.91 Å². The summed E-state index contributed by atoms with van der Waals surface area (Å²) >= 11 is 3.41. The van der Waals surface area contributed by atoms with E-state index in [0.717, 1.165) is 21.2 Å². The summed E-state index contributed by atoms with van der Waals surface area (Å²) in [5, 5.41) is 3.97. The third-order valence-electron chi connectivity index (χ3n) is 3.58. The normalized spacial score (nSPS) is 10.7. The third-order valence-corrected chi connectivity index (χ3v) is 4.07. The Morgan fingerprint density at radius 3 is 2.76 bits per heavy atom. The number of aryl methyl sites for hydroxylation is 1. The van der Waals surface area contributed by atoms with Crippen molar-refractivity contribution in [2.75, 3.05) is 13.2 Å². The first-order chi connectivity index (χ1) is 12.0. The Morgan fingerprint density at radius 2 is 2.00 bits per heavy atom. The minimum atomic E-state index is -0.329. The summed E-state index contributed by atoms with van der Waals surface area (Å²) in [5.74, 6) is 1.07. The number of halogens is 1. The predicted octanol–water partition coefficient (Wildman–Crippen LogP) is 3.99. The standard InChI is InChI=1S/C19H21BrN2O3/c1-4-24-18-9-8-16(20)10-15(18)11-21-22-19(23)12-25-17-7-5-6-13(2)14(17)3/h5-11H,4,12H2,1-3H3,(H,22,23)/b21-11-. The Hall–Kier alpha value is -2.34.